The molecule has 2 heterocycles. The topological polar surface area (TPSA) is 68.9 Å². The lowest BCUT2D eigenvalue weighted by molar-refractivity contribution is -0.116. The molecule has 0 aliphatic heterocycles. The van der Waals surface area contributed by atoms with Gasteiger partial charge in [-0.3, -0.25) is 14.3 Å². The van der Waals surface area contributed by atoms with Crippen LogP contribution in [0.2, 0.25) is 0 Å². The molecule has 2 aromatic heterocycles. The first-order chi connectivity index (χ1) is 15.1. The number of anilines is 1. The van der Waals surface area contributed by atoms with Crippen LogP contribution in [0.4, 0.5) is 18.9 Å². The lowest BCUT2D eigenvalue weighted by Gasteiger charge is -2.22. The molecular formula is C20H18B3F3N4O2. The Morgan fingerprint density at radius 3 is 2.41 bits per heavy atom. The van der Waals surface area contributed by atoms with E-state index in [-0.39, 0.29) is 18.7 Å². The number of fused-ring (bicyclic) bond motifs is 3. The second kappa shape index (κ2) is 7.92. The Bertz CT molecular complexity index is 1430. The number of aromatic nitrogens is 3. The fourth-order valence-corrected chi connectivity index (χ4v) is 3.69. The van der Waals surface area contributed by atoms with Crippen LogP contribution in [-0.2, 0) is 16.6 Å². The number of nitrogens with one attached hydrogen (secondary N) is 1. The lowest BCUT2D eigenvalue weighted by Crippen LogP contribution is -2.36. The number of nitrogens with zero attached hydrogens (tertiary/aromatic N) is 3. The summed E-state index contributed by atoms with van der Waals surface area (Å²) in [7, 11) is 5.83. The molecule has 0 saturated heterocycles. The average Bonchev–Trinajstić information content (AvgIpc) is 3.16. The predicted molar refractivity (Wildman–Crippen MR) is 125 cm³/mol. The molecule has 0 aliphatic rings. The van der Waals surface area contributed by atoms with E-state index in [9.17, 15) is 22.8 Å². The van der Waals surface area contributed by atoms with Gasteiger partial charge in [0.15, 0.2) is 0 Å². The maximum Gasteiger partial charge on any atom is 0.262 e. The highest BCUT2D eigenvalue weighted by Gasteiger charge is 2.22. The van der Waals surface area contributed by atoms with Crippen molar-refractivity contribution in [1.29, 1.82) is 0 Å². The molecule has 4 aromatic rings. The third-order valence-corrected chi connectivity index (χ3v) is 5.15. The largest absolute Gasteiger partial charge is 0.324 e. The van der Waals surface area contributed by atoms with Crippen molar-refractivity contribution >= 4 is 56.9 Å². The van der Waals surface area contributed by atoms with E-state index in [2.05, 4.69) is 10.4 Å². The van der Waals surface area contributed by atoms with E-state index < -0.39 is 34.2 Å². The van der Waals surface area contributed by atoms with Gasteiger partial charge in [0, 0.05) is 24.4 Å². The van der Waals surface area contributed by atoms with Crippen LogP contribution in [0.25, 0.3) is 21.8 Å². The minimum Gasteiger partial charge on any atom is -0.324 e. The van der Waals surface area contributed by atoms with Crippen LogP contribution in [-0.4, -0.2) is 43.8 Å². The molecule has 4 rings (SSSR count). The van der Waals surface area contributed by atoms with Crippen molar-refractivity contribution in [2.24, 2.45) is 0 Å². The maximum atomic E-state index is 14.1. The summed E-state index contributed by atoms with van der Waals surface area (Å²) in [5.41, 5.74) is 0.344. The quantitative estimate of drug-likeness (QED) is 0.457. The summed E-state index contributed by atoms with van der Waals surface area (Å²) in [6.45, 7) is -0.0654. The second-order valence-electron chi connectivity index (χ2n) is 8.53. The van der Waals surface area contributed by atoms with Crippen LogP contribution in [0.3, 0.4) is 0 Å². The molecule has 32 heavy (non-hydrogen) atoms. The highest BCUT2D eigenvalue weighted by Crippen LogP contribution is 2.26. The number of hydrogen-bond acceptors (Lipinski definition) is 3. The molecule has 1 amide bonds. The first-order valence-corrected chi connectivity index (χ1v) is 10.0. The monoisotopic (exact) mass is 436 g/mol. The molecule has 0 unspecified atom stereocenters. The summed E-state index contributed by atoms with van der Waals surface area (Å²) in [5, 5.41) is 7.29. The average molecular weight is 436 g/mol. The van der Waals surface area contributed by atoms with E-state index in [4.69, 9.17) is 0 Å². The smallest absolute Gasteiger partial charge is 0.262 e. The van der Waals surface area contributed by atoms with Crippen molar-refractivity contribution in [3.05, 3.63) is 70.4 Å². The van der Waals surface area contributed by atoms with Crippen molar-refractivity contribution in [3.63, 3.8) is 0 Å². The van der Waals surface area contributed by atoms with Crippen molar-refractivity contribution in [3.8, 4) is 0 Å². The third-order valence-electron chi connectivity index (χ3n) is 5.15. The number of carbonyl (C=O) groups excluding carboxylic acids is 1. The Kier molecular flexibility index (Phi) is 5.40. The summed E-state index contributed by atoms with van der Waals surface area (Å²) < 4.78 is 44.0. The van der Waals surface area contributed by atoms with E-state index in [1.807, 2.05) is 23.5 Å². The molecule has 160 valence electrons. The highest BCUT2D eigenvalue weighted by molar-refractivity contribution is 6.56. The lowest BCUT2D eigenvalue weighted by atomic mass is 9.49. The van der Waals surface area contributed by atoms with Crippen molar-refractivity contribution < 1.29 is 18.0 Å². The Balaban J connectivity index is 1.74. The zero-order valence-corrected chi connectivity index (χ0v) is 17.7. The van der Waals surface area contributed by atoms with Gasteiger partial charge in [-0.15, -0.1) is 0 Å². The summed E-state index contributed by atoms with van der Waals surface area (Å²) in [6.07, 6.45) is 1.29. The molecule has 1 N–H and O–H groups in total. The van der Waals surface area contributed by atoms with Gasteiger partial charge in [-0.1, -0.05) is 0 Å². The van der Waals surface area contributed by atoms with Gasteiger partial charge in [0.2, 0.25) is 5.91 Å². The van der Waals surface area contributed by atoms with Gasteiger partial charge in [-0.2, -0.15) is 5.10 Å². The van der Waals surface area contributed by atoms with Gasteiger partial charge >= 0.3 is 0 Å². The minimum atomic E-state index is -0.904. The molecular weight excluding hydrogens is 418 g/mol. The van der Waals surface area contributed by atoms with Crippen LogP contribution >= 0.6 is 0 Å². The third kappa shape index (κ3) is 3.92. The van der Waals surface area contributed by atoms with E-state index in [1.165, 1.54) is 22.9 Å². The SMILES string of the molecule is BC(B)(B)n1ncc2c(=O)n(CCC(=O)Nc3ccc(F)cc3F)c3cc(F)ccc3c21. The van der Waals surface area contributed by atoms with Crippen molar-refractivity contribution in [1.82, 2.24) is 14.3 Å². The van der Waals surface area contributed by atoms with E-state index in [0.717, 1.165) is 12.1 Å². The number of rotatable bonds is 5. The van der Waals surface area contributed by atoms with Crippen molar-refractivity contribution in [2.75, 3.05) is 5.32 Å². The van der Waals surface area contributed by atoms with Gasteiger partial charge in [0.1, 0.15) is 41.0 Å². The summed E-state index contributed by atoms with van der Waals surface area (Å²) >= 11 is 0. The normalized spacial score (nSPS) is 11.8. The van der Waals surface area contributed by atoms with E-state index >= 15 is 0 Å². The number of aryl methyl sites for hydroxylation is 1. The zero-order valence-electron chi connectivity index (χ0n) is 17.7. The van der Waals surface area contributed by atoms with Crippen molar-refractivity contribution in [2.45, 2.75) is 18.2 Å². The fourth-order valence-electron chi connectivity index (χ4n) is 3.69. The standard InChI is InChI=1S/C20H18B3F3N4O2/c21-20(22,23)30-18-12-3-1-11(25)8-16(12)29(19(32)13(18)9-27-30)6-5-17(31)28-15-4-2-10(24)7-14(15)26/h1-4,7-9H,5-6,21-23H2,(H,28,31). The predicted octanol–water partition coefficient (Wildman–Crippen LogP) is 0.264. The Morgan fingerprint density at radius 2 is 1.72 bits per heavy atom. The molecule has 0 radical (unpaired) electrons. The first-order valence-electron chi connectivity index (χ1n) is 10.0. The van der Waals surface area contributed by atoms with Gasteiger partial charge < -0.3 is 9.88 Å². The number of carbonyl (C=O) groups is 1. The van der Waals surface area contributed by atoms with E-state index in [0.29, 0.717) is 27.9 Å². The van der Waals surface area contributed by atoms with Gasteiger partial charge in [0.25, 0.3) is 5.56 Å². The Hall–Kier alpha value is -3.43. The number of hydrogen-bond donors (Lipinski definition) is 1. The molecule has 0 fully saturated rings. The molecule has 2 aromatic carbocycles. The van der Waals surface area contributed by atoms with Crippen LogP contribution in [0, 0.1) is 17.5 Å². The molecule has 0 aliphatic carbocycles. The number of halogens is 3. The number of pyridine rings is 1. The fraction of sp³-hybridized carbons (Fsp3) is 0.150. The van der Waals surface area contributed by atoms with Crippen LogP contribution in [0.5, 0.6) is 0 Å². The van der Waals surface area contributed by atoms with Crippen LogP contribution in [0.15, 0.2) is 47.4 Å². The zero-order chi connectivity index (χ0) is 23.2. The van der Waals surface area contributed by atoms with Gasteiger partial charge in [-0.05, 0) is 35.6 Å². The van der Waals surface area contributed by atoms with Crippen LogP contribution < -0.4 is 10.9 Å². The first kappa shape index (κ1) is 21.8. The molecule has 0 atom stereocenters. The second-order valence-corrected chi connectivity index (χ2v) is 8.53. The van der Waals surface area contributed by atoms with E-state index in [1.54, 1.807) is 10.7 Å². The summed E-state index contributed by atoms with van der Waals surface area (Å²) in [5.74, 6) is -2.76. The number of amides is 1. The molecule has 6 nitrogen and oxygen atoms in total. The molecule has 0 saturated carbocycles. The van der Waals surface area contributed by atoms with Gasteiger partial charge in [0.05, 0.1) is 28.3 Å². The molecule has 0 bridgehead atoms. The Labute approximate surface area is 183 Å². The molecule has 12 heteroatoms. The summed E-state index contributed by atoms with van der Waals surface area (Å²) in [4.78, 5) is 25.6. The Morgan fingerprint density at radius 1 is 1.03 bits per heavy atom. The van der Waals surface area contributed by atoms with Crippen LogP contribution in [0.1, 0.15) is 6.42 Å². The molecule has 0 spiro atoms. The minimum absolute atomic E-state index is 0.0654. The number of benzene rings is 2. The summed E-state index contributed by atoms with van der Waals surface area (Å²) in [6, 6.07) is 6.94. The van der Waals surface area contributed by atoms with Gasteiger partial charge in [-0.25, -0.2) is 13.2 Å². The maximum absolute atomic E-state index is 14.1. The highest BCUT2D eigenvalue weighted by atomic mass is 19.1.